The number of rotatable bonds is 1. The molecule has 90 valence electrons. The van der Waals surface area contributed by atoms with Crippen molar-refractivity contribution >= 4 is 0 Å². The van der Waals surface area contributed by atoms with Gasteiger partial charge in [-0.2, -0.15) is 0 Å². The van der Waals surface area contributed by atoms with Gasteiger partial charge in [0.25, 0.3) is 0 Å². The van der Waals surface area contributed by atoms with Crippen LogP contribution < -0.4 is 5.32 Å². The molecule has 1 fully saturated rings. The summed E-state index contributed by atoms with van der Waals surface area (Å²) in [6.45, 7) is 12.8. The molecular weight excluding hydrogens is 194 g/mol. The Morgan fingerprint density at radius 3 is 2.38 bits per heavy atom. The largest absolute Gasteiger partial charge is 0.314 e. The molecule has 0 spiro atoms. The average molecular weight is 219 g/mol. The standard InChI is InChI=1S/C15H25N/c1-11-13(7-9-16-11)12-6-8-14(2,3)15(4,5)10-12/h6,8,10-11,13,16H,7,9H2,1-5H3. The van der Waals surface area contributed by atoms with Crippen LogP contribution in [0.15, 0.2) is 23.8 Å². The predicted molar refractivity (Wildman–Crippen MR) is 70.4 cm³/mol. The first-order valence-electron chi connectivity index (χ1n) is 6.49. The average Bonchev–Trinajstić information content (AvgIpc) is 2.57. The van der Waals surface area contributed by atoms with Crippen LogP contribution in [-0.4, -0.2) is 12.6 Å². The second-order valence-corrected chi connectivity index (χ2v) is 6.56. The van der Waals surface area contributed by atoms with Gasteiger partial charge in [-0.1, -0.05) is 45.9 Å². The van der Waals surface area contributed by atoms with Crippen molar-refractivity contribution in [3.05, 3.63) is 23.8 Å². The second-order valence-electron chi connectivity index (χ2n) is 6.56. The molecule has 0 aromatic rings. The lowest BCUT2D eigenvalue weighted by atomic mass is 9.63. The Morgan fingerprint density at radius 2 is 1.88 bits per heavy atom. The third kappa shape index (κ3) is 1.86. The van der Waals surface area contributed by atoms with Gasteiger partial charge in [-0.25, -0.2) is 0 Å². The molecule has 2 atom stereocenters. The molecule has 1 saturated heterocycles. The van der Waals surface area contributed by atoms with E-state index in [-0.39, 0.29) is 10.8 Å². The molecule has 0 aromatic heterocycles. The topological polar surface area (TPSA) is 12.0 Å². The molecule has 1 aliphatic heterocycles. The quantitative estimate of drug-likeness (QED) is 0.711. The number of hydrogen-bond acceptors (Lipinski definition) is 1. The van der Waals surface area contributed by atoms with Crippen LogP contribution in [0.1, 0.15) is 41.0 Å². The van der Waals surface area contributed by atoms with E-state index in [0.29, 0.717) is 12.0 Å². The zero-order valence-electron chi connectivity index (χ0n) is 11.3. The van der Waals surface area contributed by atoms with Crippen LogP contribution in [0.5, 0.6) is 0 Å². The fourth-order valence-corrected chi connectivity index (χ4v) is 2.71. The highest BCUT2D eigenvalue weighted by Crippen LogP contribution is 2.46. The van der Waals surface area contributed by atoms with E-state index in [4.69, 9.17) is 0 Å². The fourth-order valence-electron chi connectivity index (χ4n) is 2.71. The van der Waals surface area contributed by atoms with Gasteiger partial charge in [-0.15, -0.1) is 0 Å². The molecule has 1 N–H and O–H groups in total. The van der Waals surface area contributed by atoms with Crippen molar-refractivity contribution in [3.8, 4) is 0 Å². The Morgan fingerprint density at radius 1 is 1.19 bits per heavy atom. The molecule has 2 rings (SSSR count). The van der Waals surface area contributed by atoms with Gasteiger partial charge in [0.2, 0.25) is 0 Å². The van der Waals surface area contributed by atoms with E-state index in [9.17, 15) is 0 Å². The van der Waals surface area contributed by atoms with Gasteiger partial charge < -0.3 is 5.32 Å². The summed E-state index contributed by atoms with van der Waals surface area (Å²) >= 11 is 0. The highest BCUT2D eigenvalue weighted by atomic mass is 14.9. The Balaban J connectivity index is 2.26. The highest BCUT2D eigenvalue weighted by Gasteiger charge is 2.37. The van der Waals surface area contributed by atoms with Gasteiger partial charge in [0.15, 0.2) is 0 Å². The maximum Gasteiger partial charge on any atom is 0.0108 e. The summed E-state index contributed by atoms with van der Waals surface area (Å²) < 4.78 is 0. The van der Waals surface area contributed by atoms with Crippen molar-refractivity contribution in [1.82, 2.24) is 5.32 Å². The first kappa shape index (κ1) is 11.9. The number of hydrogen-bond donors (Lipinski definition) is 1. The highest BCUT2D eigenvalue weighted by molar-refractivity contribution is 5.33. The SMILES string of the molecule is CC1NCCC1C1=CC(C)(C)C(C)(C)C=C1. The van der Waals surface area contributed by atoms with Crippen molar-refractivity contribution in [2.75, 3.05) is 6.54 Å². The Hall–Kier alpha value is -0.560. The normalized spacial score (nSPS) is 36.2. The molecule has 16 heavy (non-hydrogen) atoms. The minimum atomic E-state index is 0.263. The molecule has 1 nitrogen and oxygen atoms in total. The minimum absolute atomic E-state index is 0.263. The van der Waals surface area contributed by atoms with E-state index < -0.39 is 0 Å². The van der Waals surface area contributed by atoms with Crippen molar-refractivity contribution in [1.29, 1.82) is 0 Å². The zero-order valence-corrected chi connectivity index (χ0v) is 11.3. The molecule has 0 radical (unpaired) electrons. The summed E-state index contributed by atoms with van der Waals surface area (Å²) in [5.74, 6) is 0.714. The molecule has 0 saturated carbocycles. The maximum atomic E-state index is 3.54. The van der Waals surface area contributed by atoms with Gasteiger partial charge in [-0.05, 0) is 42.2 Å². The van der Waals surface area contributed by atoms with E-state index in [1.807, 2.05) is 0 Å². The number of nitrogens with one attached hydrogen (secondary N) is 1. The lowest BCUT2D eigenvalue weighted by Gasteiger charge is -2.41. The monoisotopic (exact) mass is 219 g/mol. The van der Waals surface area contributed by atoms with Crippen LogP contribution in [0.25, 0.3) is 0 Å². The molecule has 1 heteroatoms. The first-order valence-corrected chi connectivity index (χ1v) is 6.49. The predicted octanol–water partition coefficient (Wildman–Crippen LogP) is 3.53. The molecule has 1 aliphatic carbocycles. The van der Waals surface area contributed by atoms with Gasteiger partial charge in [-0.3, -0.25) is 0 Å². The summed E-state index contributed by atoms with van der Waals surface area (Å²) in [5, 5.41) is 3.54. The van der Waals surface area contributed by atoms with Crippen LogP contribution >= 0.6 is 0 Å². The van der Waals surface area contributed by atoms with Crippen LogP contribution in [0.4, 0.5) is 0 Å². The Labute approximate surface area is 100 Å². The van der Waals surface area contributed by atoms with Crippen molar-refractivity contribution in [3.63, 3.8) is 0 Å². The molecule has 0 amide bonds. The third-order valence-electron chi connectivity index (χ3n) is 4.83. The second kappa shape index (κ2) is 3.73. The number of allylic oxidation sites excluding steroid dienone is 3. The smallest absolute Gasteiger partial charge is 0.0108 e. The summed E-state index contributed by atoms with van der Waals surface area (Å²) in [7, 11) is 0. The van der Waals surface area contributed by atoms with Gasteiger partial charge >= 0.3 is 0 Å². The summed E-state index contributed by atoms with van der Waals surface area (Å²) in [4.78, 5) is 0. The lowest BCUT2D eigenvalue weighted by Crippen LogP contribution is -2.33. The molecule has 0 aromatic carbocycles. The van der Waals surface area contributed by atoms with E-state index >= 15 is 0 Å². The summed E-state index contributed by atoms with van der Waals surface area (Å²) in [5.41, 5.74) is 2.08. The Bertz CT molecular complexity index is 333. The van der Waals surface area contributed by atoms with Gasteiger partial charge in [0.1, 0.15) is 0 Å². The minimum Gasteiger partial charge on any atom is -0.314 e. The van der Waals surface area contributed by atoms with Crippen LogP contribution in [0, 0.1) is 16.7 Å². The van der Waals surface area contributed by atoms with Crippen LogP contribution in [-0.2, 0) is 0 Å². The lowest BCUT2D eigenvalue weighted by molar-refractivity contribution is 0.225. The molecular formula is C15H25N. The van der Waals surface area contributed by atoms with Crippen molar-refractivity contribution < 1.29 is 0 Å². The molecule has 2 unspecified atom stereocenters. The molecule has 2 aliphatic rings. The van der Waals surface area contributed by atoms with Crippen LogP contribution in [0.3, 0.4) is 0 Å². The molecule has 1 heterocycles. The van der Waals surface area contributed by atoms with Crippen molar-refractivity contribution in [2.24, 2.45) is 16.7 Å². The fraction of sp³-hybridized carbons (Fsp3) is 0.733. The Kier molecular flexibility index (Phi) is 2.78. The van der Waals surface area contributed by atoms with Crippen LogP contribution in [0.2, 0.25) is 0 Å². The van der Waals surface area contributed by atoms with E-state index in [1.165, 1.54) is 13.0 Å². The first-order chi connectivity index (χ1) is 7.33. The summed E-state index contributed by atoms with van der Waals surface area (Å²) in [6.07, 6.45) is 8.54. The van der Waals surface area contributed by atoms with Gasteiger partial charge in [0.05, 0.1) is 0 Å². The summed E-state index contributed by atoms with van der Waals surface area (Å²) in [6, 6.07) is 0.632. The van der Waals surface area contributed by atoms with Gasteiger partial charge in [0, 0.05) is 6.04 Å². The molecule has 0 bridgehead atoms. The third-order valence-corrected chi connectivity index (χ3v) is 4.83. The van der Waals surface area contributed by atoms with Crippen molar-refractivity contribution in [2.45, 2.75) is 47.1 Å². The van der Waals surface area contributed by atoms with E-state index in [0.717, 1.165) is 0 Å². The maximum absolute atomic E-state index is 3.54. The van der Waals surface area contributed by atoms with E-state index in [2.05, 4.69) is 58.2 Å². The zero-order chi connectivity index (χ0) is 12.0. The van der Waals surface area contributed by atoms with E-state index in [1.54, 1.807) is 5.57 Å².